The SMILES string of the molecule is CN(CC1CCCN1C(=O)OC(C)(C)C)C(=O)OC(C)(C)C. The van der Waals surface area contributed by atoms with Gasteiger partial charge in [0.1, 0.15) is 11.2 Å². The van der Waals surface area contributed by atoms with Crippen molar-refractivity contribution in [2.45, 2.75) is 71.6 Å². The van der Waals surface area contributed by atoms with E-state index in [0.29, 0.717) is 13.1 Å². The van der Waals surface area contributed by atoms with Crippen molar-refractivity contribution in [2.75, 3.05) is 20.1 Å². The van der Waals surface area contributed by atoms with Gasteiger partial charge in [0.2, 0.25) is 0 Å². The molecule has 0 spiro atoms. The fourth-order valence-electron chi connectivity index (χ4n) is 2.32. The van der Waals surface area contributed by atoms with Crippen molar-refractivity contribution in [3.63, 3.8) is 0 Å². The molecule has 1 aliphatic heterocycles. The molecule has 1 fully saturated rings. The molecular weight excluding hydrogens is 284 g/mol. The molecular formula is C16H30N2O4. The summed E-state index contributed by atoms with van der Waals surface area (Å²) >= 11 is 0. The number of amides is 2. The van der Waals surface area contributed by atoms with E-state index in [4.69, 9.17) is 9.47 Å². The number of hydrogen-bond donors (Lipinski definition) is 0. The van der Waals surface area contributed by atoms with E-state index < -0.39 is 11.2 Å². The summed E-state index contributed by atoms with van der Waals surface area (Å²) < 4.78 is 10.8. The van der Waals surface area contributed by atoms with E-state index >= 15 is 0 Å². The lowest BCUT2D eigenvalue weighted by Crippen LogP contribution is -2.46. The second kappa shape index (κ2) is 6.75. The van der Waals surface area contributed by atoms with Crippen LogP contribution in [0.3, 0.4) is 0 Å². The minimum absolute atomic E-state index is 0.0210. The van der Waals surface area contributed by atoms with Gasteiger partial charge in [0.15, 0.2) is 0 Å². The van der Waals surface area contributed by atoms with Gasteiger partial charge in [-0.3, -0.25) is 0 Å². The predicted molar refractivity (Wildman–Crippen MR) is 84.8 cm³/mol. The first kappa shape index (κ1) is 18.6. The molecule has 0 bridgehead atoms. The highest BCUT2D eigenvalue weighted by molar-refractivity contribution is 5.70. The Morgan fingerprint density at radius 2 is 1.64 bits per heavy atom. The van der Waals surface area contributed by atoms with E-state index in [2.05, 4.69) is 0 Å². The topological polar surface area (TPSA) is 59.1 Å². The van der Waals surface area contributed by atoms with Gasteiger partial charge in [-0.25, -0.2) is 9.59 Å². The number of likely N-dealkylation sites (N-methyl/N-ethyl adjacent to an activating group) is 1. The van der Waals surface area contributed by atoms with Crippen LogP contribution < -0.4 is 0 Å². The summed E-state index contributed by atoms with van der Waals surface area (Å²) in [5, 5.41) is 0. The Kier molecular flexibility index (Phi) is 5.70. The molecule has 0 saturated carbocycles. The molecule has 6 heteroatoms. The van der Waals surface area contributed by atoms with E-state index in [-0.39, 0.29) is 18.2 Å². The van der Waals surface area contributed by atoms with E-state index in [1.165, 1.54) is 4.90 Å². The molecule has 1 saturated heterocycles. The molecule has 0 aliphatic carbocycles. The number of hydrogen-bond acceptors (Lipinski definition) is 4. The maximum Gasteiger partial charge on any atom is 0.410 e. The molecule has 22 heavy (non-hydrogen) atoms. The number of nitrogens with zero attached hydrogens (tertiary/aromatic N) is 2. The largest absolute Gasteiger partial charge is 0.444 e. The van der Waals surface area contributed by atoms with E-state index in [0.717, 1.165) is 12.8 Å². The van der Waals surface area contributed by atoms with Gasteiger partial charge < -0.3 is 19.3 Å². The fraction of sp³-hybridized carbons (Fsp3) is 0.875. The monoisotopic (exact) mass is 314 g/mol. The second-order valence-electron chi connectivity index (χ2n) is 7.83. The highest BCUT2D eigenvalue weighted by Crippen LogP contribution is 2.22. The van der Waals surface area contributed by atoms with Crippen molar-refractivity contribution >= 4 is 12.2 Å². The Hall–Kier alpha value is -1.46. The normalized spacial score (nSPS) is 19.0. The zero-order valence-electron chi connectivity index (χ0n) is 14.9. The molecule has 0 radical (unpaired) electrons. The third kappa shape index (κ3) is 6.12. The first-order valence-electron chi connectivity index (χ1n) is 7.83. The molecule has 0 aromatic carbocycles. The summed E-state index contributed by atoms with van der Waals surface area (Å²) in [5.74, 6) is 0. The summed E-state index contributed by atoms with van der Waals surface area (Å²) in [4.78, 5) is 27.5. The molecule has 0 N–H and O–H groups in total. The molecule has 1 aliphatic rings. The summed E-state index contributed by atoms with van der Waals surface area (Å²) in [6.45, 7) is 12.2. The van der Waals surface area contributed by atoms with Gasteiger partial charge in [-0.15, -0.1) is 0 Å². The van der Waals surface area contributed by atoms with Crippen LogP contribution in [0.4, 0.5) is 9.59 Å². The molecule has 1 atom stereocenters. The van der Waals surface area contributed by atoms with Crippen LogP contribution in [0.1, 0.15) is 54.4 Å². The number of rotatable bonds is 2. The average Bonchev–Trinajstić information content (AvgIpc) is 2.72. The molecule has 6 nitrogen and oxygen atoms in total. The molecule has 0 aromatic rings. The van der Waals surface area contributed by atoms with Gasteiger partial charge in [0, 0.05) is 20.1 Å². The van der Waals surface area contributed by atoms with Gasteiger partial charge in [-0.05, 0) is 54.4 Å². The van der Waals surface area contributed by atoms with Crippen LogP contribution in [-0.4, -0.2) is 59.4 Å². The number of ether oxygens (including phenoxy) is 2. The number of carbonyl (C=O) groups is 2. The summed E-state index contributed by atoms with van der Waals surface area (Å²) in [5.41, 5.74) is -1.03. The van der Waals surface area contributed by atoms with Crippen LogP contribution in [0.15, 0.2) is 0 Å². The Labute approximate surface area is 133 Å². The minimum Gasteiger partial charge on any atom is -0.444 e. The third-order valence-corrected chi connectivity index (χ3v) is 3.19. The smallest absolute Gasteiger partial charge is 0.410 e. The van der Waals surface area contributed by atoms with Crippen LogP contribution in [0.25, 0.3) is 0 Å². The van der Waals surface area contributed by atoms with Crippen molar-refractivity contribution in [1.29, 1.82) is 0 Å². The first-order valence-corrected chi connectivity index (χ1v) is 7.83. The lowest BCUT2D eigenvalue weighted by atomic mass is 10.2. The van der Waals surface area contributed by atoms with Crippen molar-refractivity contribution in [2.24, 2.45) is 0 Å². The van der Waals surface area contributed by atoms with E-state index in [1.54, 1.807) is 11.9 Å². The average molecular weight is 314 g/mol. The lowest BCUT2D eigenvalue weighted by Gasteiger charge is -2.31. The summed E-state index contributed by atoms with van der Waals surface area (Å²) in [6.07, 6.45) is 1.11. The standard InChI is InChI=1S/C16H30N2O4/c1-15(2,3)21-13(19)17(7)11-12-9-8-10-18(12)14(20)22-16(4,5)6/h12H,8-11H2,1-7H3. The quantitative estimate of drug-likeness (QED) is 0.785. The third-order valence-electron chi connectivity index (χ3n) is 3.19. The summed E-state index contributed by atoms with van der Waals surface area (Å²) in [6, 6.07) is -0.0210. The lowest BCUT2D eigenvalue weighted by molar-refractivity contribution is 0.0121. The maximum atomic E-state index is 12.2. The molecule has 0 aromatic heterocycles. The van der Waals surface area contributed by atoms with Crippen LogP contribution in [0, 0.1) is 0 Å². The minimum atomic E-state index is -0.522. The van der Waals surface area contributed by atoms with E-state index in [1.807, 2.05) is 41.5 Å². The number of carbonyl (C=O) groups excluding carboxylic acids is 2. The highest BCUT2D eigenvalue weighted by atomic mass is 16.6. The van der Waals surface area contributed by atoms with Crippen molar-refractivity contribution < 1.29 is 19.1 Å². The van der Waals surface area contributed by atoms with E-state index in [9.17, 15) is 9.59 Å². The van der Waals surface area contributed by atoms with Gasteiger partial charge in [-0.1, -0.05) is 0 Å². The molecule has 1 unspecified atom stereocenters. The van der Waals surface area contributed by atoms with Crippen LogP contribution in [0.5, 0.6) is 0 Å². The van der Waals surface area contributed by atoms with Crippen LogP contribution in [0.2, 0.25) is 0 Å². The van der Waals surface area contributed by atoms with Crippen LogP contribution >= 0.6 is 0 Å². The highest BCUT2D eigenvalue weighted by Gasteiger charge is 2.34. The fourth-order valence-corrected chi connectivity index (χ4v) is 2.32. The molecule has 1 heterocycles. The Morgan fingerprint density at radius 1 is 1.09 bits per heavy atom. The molecule has 128 valence electrons. The zero-order valence-corrected chi connectivity index (χ0v) is 14.9. The van der Waals surface area contributed by atoms with Crippen molar-refractivity contribution in [1.82, 2.24) is 9.80 Å². The molecule has 2 amide bonds. The van der Waals surface area contributed by atoms with Gasteiger partial charge in [0.05, 0.1) is 6.04 Å². The van der Waals surface area contributed by atoms with Crippen molar-refractivity contribution in [3.05, 3.63) is 0 Å². The number of likely N-dealkylation sites (tertiary alicyclic amines) is 1. The first-order chi connectivity index (χ1) is 9.89. The van der Waals surface area contributed by atoms with Gasteiger partial charge in [0.25, 0.3) is 0 Å². The zero-order chi connectivity index (χ0) is 17.1. The van der Waals surface area contributed by atoms with Gasteiger partial charge in [-0.2, -0.15) is 0 Å². The van der Waals surface area contributed by atoms with Crippen molar-refractivity contribution in [3.8, 4) is 0 Å². The Bertz CT molecular complexity index is 409. The second-order valence-corrected chi connectivity index (χ2v) is 7.83. The van der Waals surface area contributed by atoms with Gasteiger partial charge >= 0.3 is 12.2 Å². The Morgan fingerprint density at radius 3 is 2.14 bits per heavy atom. The maximum absolute atomic E-state index is 12.2. The summed E-state index contributed by atoms with van der Waals surface area (Å²) in [7, 11) is 1.69. The Balaban J connectivity index is 2.60. The predicted octanol–water partition coefficient (Wildman–Crippen LogP) is 3.25. The molecule has 1 rings (SSSR count). The van der Waals surface area contributed by atoms with Crippen LogP contribution in [-0.2, 0) is 9.47 Å².